The summed E-state index contributed by atoms with van der Waals surface area (Å²) in [5.74, 6) is 2.33. The first-order chi connectivity index (χ1) is 6.37. The molecule has 3 heteroatoms. The Bertz CT molecular complexity index is 226. The van der Waals surface area contributed by atoms with Gasteiger partial charge in [-0.1, -0.05) is 0 Å². The van der Waals surface area contributed by atoms with Crippen molar-refractivity contribution >= 4 is 5.97 Å². The van der Waals surface area contributed by atoms with Crippen LogP contribution in [0.4, 0.5) is 0 Å². The van der Waals surface area contributed by atoms with E-state index in [1.807, 2.05) is 27.9 Å². The van der Waals surface area contributed by atoms with E-state index < -0.39 is 5.60 Å². The van der Waals surface area contributed by atoms with Crippen molar-refractivity contribution in [3.8, 4) is 12.3 Å². The monoisotopic (exact) mass is 197 g/mol. The molecular weight excluding hydrogens is 178 g/mol. The molecular formula is C11H19NO2. The summed E-state index contributed by atoms with van der Waals surface area (Å²) in [5, 5.41) is 0. The second-order valence-electron chi connectivity index (χ2n) is 4.18. The maximum absolute atomic E-state index is 11.3. The fourth-order valence-corrected chi connectivity index (χ4v) is 1.02. The van der Waals surface area contributed by atoms with Gasteiger partial charge in [-0.3, -0.25) is 9.69 Å². The van der Waals surface area contributed by atoms with Crippen molar-refractivity contribution in [1.29, 1.82) is 0 Å². The number of carbonyl (C=O) groups excluding carboxylic acids is 1. The molecule has 3 nitrogen and oxygen atoms in total. The molecule has 0 bridgehead atoms. The minimum absolute atomic E-state index is 0.211. The SMILES string of the molecule is C#CCCC(C)(C)OC(=O)CN(C)C. The molecule has 0 aromatic heterocycles. The highest BCUT2D eigenvalue weighted by atomic mass is 16.6. The predicted molar refractivity (Wildman–Crippen MR) is 56.8 cm³/mol. The highest BCUT2D eigenvalue weighted by Crippen LogP contribution is 2.16. The fourth-order valence-electron chi connectivity index (χ4n) is 1.02. The average molecular weight is 197 g/mol. The molecule has 0 aromatic carbocycles. The maximum atomic E-state index is 11.3. The Hall–Kier alpha value is -1.01. The Morgan fingerprint density at radius 2 is 2.07 bits per heavy atom. The zero-order chi connectivity index (χ0) is 11.2. The molecule has 0 heterocycles. The molecule has 0 aromatic rings. The predicted octanol–water partition coefficient (Wildman–Crippen LogP) is 1.28. The standard InChI is InChI=1S/C11H19NO2/c1-6-7-8-11(2,3)14-10(13)9-12(4)5/h1H,7-9H2,2-5H3. The third kappa shape index (κ3) is 6.50. The third-order valence-corrected chi connectivity index (χ3v) is 1.71. The molecule has 0 radical (unpaired) electrons. The van der Waals surface area contributed by atoms with Gasteiger partial charge in [0.05, 0.1) is 6.54 Å². The van der Waals surface area contributed by atoms with Crippen LogP contribution in [0.3, 0.4) is 0 Å². The smallest absolute Gasteiger partial charge is 0.320 e. The molecule has 14 heavy (non-hydrogen) atoms. The molecule has 0 aliphatic carbocycles. The lowest BCUT2D eigenvalue weighted by atomic mass is 10.0. The van der Waals surface area contributed by atoms with Crippen molar-refractivity contribution in [2.24, 2.45) is 0 Å². The number of hydrogen-bond donors (Lipinski definition) is 0. The Morgan fingerprint density at radius 3 is 2.50 bits per heavy atom. The number of terminal acetylenes is 1. The fraction of sp³-hybridized carbons (Fsp3) is 0.727. The van der Waals surface area contributed by atoms with E-state index in [0.717, 1.165) is 0 Å². The topological polar surface area (TPSA) is 29.5 Å². The van der Waals surface area contributed by atoms with Gasteiger partial charge < -0.3 is 4.74 Å². The normalized spacial score (nSPS) is 11.1. The summed E-state index contributed by atoms with van der Waals surface area (Å²) in [6.45, 7) is 4.05. The van der Waals surface area contributed by atoms with E-state index in [2.05, 4.69) is 5.92 Å². The Labute approximate surface area is 86.4 Å². The zero-order valence-corrected chi connectivity index (χ0v) is 9.46. The van der Waals surface area contributed by atoms with Crippen LogP contribution in [0.5, 0.6) is 0 Å². The summed E-state index contributed by atoms with van der Waals surface area (Å²) in [7, 11) is 3.66. The van der Waals surface area contributed by atoms with Crippen LogP contribution in [0.2, 0.25) is 0 Å². The van der Waals surface area contributed by atoms with Crippen LogP contribution in [-0.2, 0) is 9.53 Å². The number of nitrogens with zero attached hydrogens (tertiary/aromatic N) is 1. The van der Waals surface area contributed by atoms with Crippen LogP contribution in [0, 0.1) is 12.3 Å². The summed E-state index contributed by atoms with van der Waals surface area (Å²) in [4.78, 5) is 13.1. The number of hydrogen-bond acceptors (Lipinski definition) is 3. The molecule has 0 saturated heterocycles. The first-order valence-corrected chi connectivity index (χ1v) is 4.67. The molecule has 0 unspecified atom stereocenters. The lowest BCUT2D eigenvalue weighted by Crippen LogP contribution is -2.33. The van der Waals surface area contributed by atoms with Crippen LogP contribution in [-0.4, -0.2) is 37.1 Å². The summed E-state index contributed by atoms with van der Waals surface area (Å²) >= 11 is 0. The highest BCUT2D eigenvalue weighted by Gasteiger charge is 2.22. The second-order valence-corrected chi connectivity index (χ2v) is 4.18. The van der Waals surface area contributed by atoms with Crippen LogP contribution >= 0.6 is 0 Å². The van der Waals surface area contributed by atoms with Gasteiger partial charge in [0.2, 0.25) is 0 Å². The van der Waals surface area contributed by atoms with Crippen molar-refractivity contribution < 1.29 is 9.53 Å². The molecule has 0 amide bonds. The molecule has 0 atom stereocenters. The lowest BCUT2D eigenvalue weighted by molar-refractivity contribution is -0.157. The molecule has 0 saturated carbocycles. The summed E-state index contributed by atoms with van der Waals surface area (Å²) in [6, 6.07) is 0. The van der Waals surface area contributed by atoms with E-state index in [1.165, 1.54) is 0 Å². The minimum atomic E-state index is -0.459. The summed E-state index contributed by atoms with van der Waals surface area (Å²) in [5.41, 5.74) is -0.459. The number of carbonyl (C=O) groups is 1. The first kappa shape index (κ1) is 13.0. The largest absolute Gasteiger partial charge is 0.459 e. The van der Waals surface area contributed by atoms with E-state index in [0.29, 0.717) is 19.4 Å². The van der Waals surface area contributed by atoms with Gasteiger partial charge in [0.15, 0.2) is 0 Å². The quantitative estimate of drug-likeness (QED) is 0.491. The van der Waals surface area contributed by atoms with Gasteiger partial charge in [0, 0.05) is 6.42 Å². The van der Waals surface area contributed by atoms with Crippen LogP contribution in [0.15, 0.2) is 0 Å². The number of ether oxygens (including phenoxy) is 1. The molecule has 80 valence electrons. The van der Waals surface area contributed by atoms with E-state index in [4.69, 9.17) is 11.2 Å². The van der Waals surface area contributed by atoms with Crippen LogP contribution < -0.4 is 0 Å². The number of likely N-dealkylation sites (N-methyl/N-ethyl adjacent to an activating group) is 1. The zero-order valence-electron chi connectivity index (χ0n) is 9.46. The van der Waals surface area contributed by atoms with Gasteiger partial charge >= 0.3 is 5.97 Å². The average Bonchev–Trinajstić information content (AvgIpc) is 1.98. The van der Waals surface area contributed by atoms with E-state index in [9.17, 15) is 4.79 Å². The van der Waals surface area contributed by atoms with E-state index in [-0.39, 0.29) is 5.97 Å². The van der Waals surface area contributed by atoms with Crippen molar-refractivity contribution in [3.63, 3.8) is 0 Å². The third-order valence-electron chi connectivity index (χ3n) is 1.71. The molecule has 0 N–H and O–H groups in total. The lowest BCUT2D eigenvalue weighted by Gasteiger charge is -2.25. The van der Waals surface area contributed by atoms with Crippen molar-refractivity contribution in [2.75, 3.05) is 20.6 Å². The highest BCUT2D eigenvalue weighted by molar-refractivity contribution is 5.72. The maximum Gasteiger partial charge on any atom is 0.320 e. The molecule has 0 aliphatic rings. The Kier molecular flexibility index (Phi) is 5.26. The van der Waals surface area contributed by atoms with Gasteiger partial charge in [-0.2, -0.15) is 0 Å². The van der Waals surface area contributed by atoms with Gasteiger partial charge in [-0.05, 0) is 34.4 Å². The van der Waals surface area contributed by atoms with Gasteiger partial charge in [0.1, 0.15) is 5.60 Å². The molecule has 0 rings (SSSR count). The van der Waals surface area contributed by atoms with Gasteiger partial charge in [0.25, 0.3) is 0 Å². The molecule has 0 fully saturated rings. The van der Waals surface area contributed by atoms with Crippen LogP contribution in [0.25, 0.3) is 0 Å². The van der Waals surface area contributed by atoms with E-state index >= 15 is 0 Å². The summed E-state index contributed by atoms with van der Waals surface area (Å²) in [6.07, 6.45) is 6.47. The second kappa shape index (κ2) is 5.66. The minimum Gasteiger partial charge on any atom is -0.459 e. The van der Waals surface area contributed by atoms with Crippen molar-refractivity contribution in [1.82, 2.24) is 4.90 Å². The van der Waals surface area contributed by atoms with Crippen molar-refractivity contribution in [2.45, 2.75) is 32.3 Å². The number of esters is 1. The van der Waals surface area contributed by atoms with Gasteiger partial charge in [-0.15, -0.1) is 12.3 Å². The summed E-state index contributed by atoms with van der Waals surface area (Å²) < 4.78 is 5.27. The van der Waals surface area contributed by atoms with Crippen LogP contribution in [0.1, 0.15) is 26.7 Å². The Morgan fingerprint density at radius 1 is 1.50 bits per heavy atom. The Balaban J connectivity index is 3.96. The van der Waals surface area contributed by atoms with Crippen molar-refractivity contribution in [3.05, 3.63) is 0 Å². The molecule has 0 spiro atoms. The first-order valence-electron chi connectivity index (χ1n) is 4.67. The van der Waals surface area contributed by atoms with E-state index in [1.54, 1.807) is 4.90 Å². The van der Waals surface area contributed by atoms with Gasteiger partial charge in [-0.25, -0.2) is 0 Å². The number of rotatable bonds is 5. The molecule has 0 aliphatic heterocycles.